The second-order valence-corrected chi connectivity index (χ2v) is 10.8. The zero-order chi connectivity index (χ0) is 30.2. The highest BCUT2D eigenvalue weighted by atomic mass is 16.6. The van der Waals surface area contributed by atoms with Crippen LogP contribution in [0.4, 0.5) is 0 Å². The van der Waals surface area contributed by atoms with Gasteiger partial charge in [0.15, 0.2) is 11.5 Å². The van der Waals surface area contributed by atoms with Crippen LogP contribution in [0.15, 0.2) is 102 Å². The van der Waals surface area contributed by atoms with E-state index in [-0.39, 0.29) is 23.5 Å². The van der Waals surface area contributed by atoms with Crippen LogP contribution in [0.2, 0.25) is 0 Å². The van der Waals surface area contributed by atoms with Crippen LogP contribution in [0.3, 0.4) is 0 Å². The SMILES string of the molecule is Cn1c(=O)c(C(c2cccc3c2OCCO3)c2[nH]c3ccccc3c2CCOC(=O)c2ccccc2)c(O)c2ccccc21. The number of benzene rings is 4. The van der Waals surface area contributed by atoms with Crippen molar-refractivity contribution in [1.82, 2.24) is 9.55 Å². The minimum Gasteiger partial charge on any atom is -0.507 e. The Labute approximate surface area is 253 Å². The molecule has 0 saturated heterocycles. The molecule has 2 aromatic heterocycles. The van der Waals surface area contributed by atoms with E-state index in [0.717, 1.165) is 16.5 Å². The molecule has 6 aromatic rings. The molecule has 2 N–H and O–H groups in total. The summed E-state index contributed by atoms with van der Waals surface area (Å²) in [5.74, 6) is -0.165. The number of para-hydroxylation sites is 3. The van der Waals surface area contributed by atoms with Gasteiger partial charge in [-0.25, -0.2) is 4.79 Å². The first-order valence-electron chi connectivity index (χ1n) is 14.5. The van der Waals surface area contributed by atoms with Gasteiger partial charge in [-0.1, -0.05) is 60.7 Å². The van der Waals surface area contributed by atoms with Crippen molar-refractivity contribution >= 4 is 27.8 Å². The molecule has 0 radical (unpaired) electrons. The molecule has 8 nitrogen and oxygen atoms in total. The van der Waals surface area contributed by atoms with Gasteiger partial charge in [-0.15, -0.1) is 0 Å². The van der Waals surface area contributed by atoms with Gasteiger partial charge in [0.25, 0.3) is 5.56 Å². The van der Waals surface area contributed by atoms with Gasteiger partial charge >= 0.3 is 5.97 Å². The Kier molecular flexibility index (Phi) is 7.02. The maximum atomic E-state index is 14.2. The quantitative estimate of drug-likeness (QED) is 0.220. The van der Waals surface area contributed by atoms with Gasteiger partial charge in [-0.2, -0.15) is 0 Å². The average Bonchev–Trinajstić information content (AvgIpc) is 3.43. The number of hydrogen-bond acceptors (Lipinski definition) is 6. The number of esters is 1. The largest absolute Gasteiger partial charge is 0.507 e. The van der Waals surface area contributed by atoms with Crippen LogP contribution in [-0.4, -0.2) is 40.4 Å². The second kappa shape index (κ2) is 11.3. The summed E-state index contributed by atoms with van der Waals surface area (Å²) in [5, 5.41) is 13.3. The van der Waals surface area contributed by atoms with Gasteiger partial charge in [0.2, 0.25) is 0 Å². The van der Waals surface area contributed by atoms with E-state index in [1.807, 2.05) is 66.7 Å². The van der Waals surface area contributed by atoms with Crippen LogP contribution in [0.5, 0.6) is 17.2 Å². The van der Waals surface area contributed by atoms with E-state index in [1.165, 1.54) is 0 Å². The van der Waals surface area contributed by atoms with E-state index in [1.54, 1.807) is 41.9 Å². The lowest BCUT2D eigenvalue weighted by Crippen LogP contribution is -2.26. The Morgan fingerprint density at radius 2 is 1.64 bits per heavy atom. The van der Waals surface area contributed by atoms with E-state index < -0.39 is 11.9 Å². The highest BCUT2D eigenvalue weighted by Crippen LogP contribution is 2.46. The summed E-state index contributed by atoms with van der Waals surface area (Å²) in [6, 6.07) is 29.6. The van der Waals surface area contributed by atoms with E-state index in [0.29, 0.717) is 58.9 Å². The number of carbonyl (C=O) groups is 1. The minimum atomic E-state index is -0.762. The molecule has 0 saturated carbocycles. The lowest BCUT2D eigenvalue weighted by molar-refractivity contribution is 0.0509. The molecular weight excluding hydrogens is 556 g/mol. The molecule has 44 heavy (non-hydrogen) atoms. The van der Waals surface area contributed by atoms with Gasteiger partial charge in [0, 0.05) is 41.0 Å². The first kappa shape index (κ1) is 27.3. The fraction of sp³-hybridized carbons (Fsp3) is 0.167. The summed E-state index contributed by atoms with van der Waals surface area (Å²) in [6.07, 6.45) is 0.370. The van der Waals surface area contributed by atoms with Crippen molar-refractivity contribution in [2.75, 3.05) is 19.8 Å². The van der Waals surface area contributed by atoms with E-state index >= 15 is 0 Å². The maximum absolute atomic E-state index is 14.2. The zero-order valence-corrected chi connectivity index (χ0v) is 24.1. The molecule has 0 spiro atoms. The summed E-state index contributed by atoms with van der Waals surface area (Å²) in [6.45, 7) is 0.880. The molecule has 8 heteroatoms. The molecule has 0 fully saturated rings. The van der Waals surface area contributed by atoms with Crippen LogP contribution < -0.4 is 15.0 Å². The standard InChI is InChI=1S/C36H30N2O6/c1-38-28-16-8-6-13-25(28)33(39)31(35(38)40)30(26-14-9-17-29-34(26)43-21-20-42-29)32-24(23-12-5-7-15-27(23)37-32)18-19-44-36(41)22-10-3-2-4-11-22/h2-17,30,37,39H,18-21H2,1H3. The first-order valence-corrected chi connectivity index (χ1v) is 14.5. The molecule has 0 aliphatic carbocycles. The molecule has 1 aliphatic heterocycles. The third kappa shape index (κ3) is 4.65. The lowest BCUT2D eigenvalue weighted by atomic mass is 9.84. The molecule has 7 rings (SSSR count). The summed E-state index contributed by atoms with van der Waals surface area (Å²) >= 11 is 0. The topological polar surface area (TPSA) is 103 Å². The van der Waals surface area contributed by atoms with E-state index in [4.69, 9.17) is 14.2 Å². The summed E-state index contributed by atoms with van der Waals surface area (Å²) in [7, 11) is 1.71. The third-order valence-electron chi connectivity index (χ3n) is 8.24. The normalized spacial score (nSPS) is 13.2. The highest BCUT2D eigenvalue weighted by Gasteiger charge is 2.34. The highest BCUT2D eigenvalue weighted by molar-refractivity contribution is 5.90. The lowest BCUT2D eigenvalue weighted by Gasteiger charge is -2.27. The number of nitrogens with zero attached hydrogens (tertiary/aromatic N) is 1. The number of hydrogen-bond donors (Lipinski definition) is 2. The van der Waals surface area contributed by atoms with Crippen molar-refractivity contribution in [2.24, 2.45) is 7.05 Å². The van der Waals surface area contributed by atoms with Crippen molar-refractivity contribution in [3.05, 3.63) is 135 Å². The minimum absolute atomic E-state index is 0.0943. The number of aryl methyl sites for hydroxylation is 1. The van der Waals surface area contributed by atoms with Gasteiger partial charge in [-0.3, -0.25) is 4.79 Å². The molecule has 3 heterocycles. The smallest absolute Gasteiger partial charge is 0.338 e. The van der Waals surface area contributed by atoms with Crippen LogP contribution in [0.25, 0.3) is 21.8 Å². The van der Waals surface area contributed by atoms with Gasteiger partial charge in [-0.05, 0) is 42.0 Å². The Morgan fingerprint density at radius 3 is 2.48 bits per heavy atom. The Balaban J connectivity index is 1.43. The third-order valence-corrected chi connectivity index (χ3v) is 8.24. The van der Waals surface area contributed by atoms with Gasteiger partial charge < -0.3 is 28.9 Å². The Bertz CT molecular complexity index is 2080. The van der Waals surface area contributed by atoms with Crippen molar-refractivity contribution in [2.45, 2.75) is 12.3 Å². The number of nitrogens with one attached hydrogen (secondary N) is 1. The number of fused-ring (bicyclic) bond motifs is 3. The first-order chi connectivity index (χ1) is 21.5. The number of pyridine rings is 1. The Morgan fingerprint density at radius 1 is 0.909 bits per heavy atom. The van der Waals surface area contributed by atoms with Crippen molar-refractivity contribution in [1.29, 1.82) is 0 Å². The fourth-order valence-electron chi connectivity index (χ4n) is 6.18. The Hall–Kier alpha value is -5.50. The fourth-order valence-corrected chi connectivity index (χ4v) is 6.18. The molecule has 4 aromatic carbocycles. The predicted octanol–water partition coefficient (Wildman–Crippen LogP) is 6.08. The second-order valence-electron chi connectivity index (χ2n) is 10.8. The van der Waals surface area contributed by atoms with Crippen molar-refractivity contribution in [3.8, 4) is 17.2 Å². The van der Waals surface area contributed by atoms with Crippen LogP contribution in [0.1, 0.15) is 38.7 Å². The van der Waals surface area contributed by atoms with Crippen molar-refractivity contribution < 1.29 is 24.1 Å². The summed E-state index contributed by atoms with van der Waals surface area (Å²) < 4.78 is 19.3. The average molecular weight is 587 g/mol. The van der Waals surface area contributed by atoms with E-state index in [9.17, 15) is 14.7 Å². The maximum Gasteiger partial charge on any atom is 0.338 e. The molecule has 0 bridgehead atoms. The monoisotopic (exact) mass is 586 g/mol. The van der Waals surface area contributed by atoms with Crippen LogP contribution in [0, 0.1) is 0 Å². The van der Waals surface area contributed by atoms with E-state index in [2.05, 4.69) is 4.98 Å². The van der Waals surface area contributed by atoms with Crippen LogP contribution >= 0.6 is 0 Å². The molecule has 1 atom stereocenters. The van der Waals surface area contributed by atoms with Crippen molar-refractivity contribution in [3.63, 3.8) is 0 Å². The molecule has 0 amide bonds. The number of aromatic amines is 1. The number of rotatable bonds is 7. The number of carbonyl (C=O) groups excluding carboxylic acids is 1. The molecular formula is C36H30N2O6. The van der Waals surface area contributed by atoms with Crippen LogP contribution in [-0.2, 0) is 18.2 Å². The summed E-state index contributed by atoms with van der Waals surface area (Å²) in [4.78, 5) is 30.5. The number of H-pyrrole nitrogens is 1. The van der Waals surface area contributed by atoms with Gasteiger partial charge in [0.1, 0.15) is 19.0 Å². The predicted molar refractivity (Wildman–Crippen MR) is 168 cm³/mol. The molecule has 1 unspecified atom stereocenters. The summed E-state index contributed by atoms with van der Waals surface area (Å²) in [5.41, 5.74) is 4.08. The number of aromatic hydroxyl groups is 1. The molecule has 220 valence electrons. The number of aromatic nitrogens is 2. The zero-order valence-electron chi connectivity index (χ0n) is 24.1. The van der Waals surface area contributed by atoms with Gasteiger partial charge in [0.05, 0.1) is 29.2 Å². The molecule has 1 aliphatic rings. The number of ether oxygens (including phenoxy) is 3.